The molecule has 4 nitrogen and oxygen atoms in total. The molecule has 0 unspecified atom stereocenters. The first-order valence-corrected chi connectivity index (χ1v) is 6.89. The number of benzene rings is 1. The van der Waals surface area contributed by atoms with Gasteiger partial charge in [0.2, 0.25) is 0 Å². The van der Waals surface area contributed by atoms with Crippen LogP contribution >= 0.6 is 0 Å². The van der Waals surface area contributed by atoms with Gasteiger partial charge in [-0.2, -0.15) is 5.10 Å². The SMILES string of the molecule is Cc1c(CNCc2ccnn2C)n(C)c2ccccc12. The van der Waals surface area contributed by atoms with Crippen molar-refractivity contribution in [3.63, 3.8) is 0 Å². The lowest BCUT2D eigenvalue weighted by atomic mass is 10.1. The lowest BCUT2D eigenvalue weighted by Gasteiger charge is -2.08. The van der Waals surface area contributed by atoms with Crippen LogP contribution in [-0.4, -0.2) is 14.3 Å². The van der Waals surface area contributed by atoms with E-state index < -0.39 is 0 Å². The van der Waals surface area contributed by atoms with Crippen LogP contribution in [0.2, 0.25) is 0 Å². The summed E-state index contributed by atoms with van der Waals surface area (Å²) in [6.07, 6.45) is 1.83. The van der Waals surface area contributed by atoms with E-state index in [1.807, 2.05) is 24.0 Å². The van der Waals surface area contributed by atoms with Crippen LogP contribution in [0.5, 0.6) is 0 Å². The summed E-state index contributed by atoms with van der Waals surface area (Å²) in [5.41, 5.74) is 5.19. The number of nitrogens with one attached hydrogen (secondary N) is 1. The number of aromatic nitrogens is 3. The minimum atomic E-state index is 0.831. The van der Waals surface area contributed by atoms with Gasteiger partial charge in [-0.1, -0.05) is 18.2 Å². The second-order valence-corrected chi connectivity index (χ2v) is 5.20. The fraction of sp³-hybridized carbons (Fsp3) is 0.312. The molecule has 0 bridgehead atoms. The van der Waals surface area contributed by atoms with Crippen molar-refractivity contribution in [3.8, 4) is 0 Å². The highest BCUT2D eigenvalue weighted by Gasteiger charge is 2.10. The maximum absolute atomic E-state index is 4.18. The number of para-hydroxylation sites is 1. The van der Waals surface area contributed by atoms with E-state index in [0.717, 1.165) is 13.1 Å². The molecular weight excluding hydrogens is 248 g/mol. The number of aryl methyl sites for hydroxylation is 3. The number of hydrogen-bond donors (Lipinski definition) is 1. The van der Waals surface area contributed by atoms with Gasteiger partial charge in [-0.15, -0.1) is 0 Å². The Balaban J connectivity index is 1.79. The van der Waals surface area contributed by atoms with Gasteiger partial charge in [0.25, 0.3) is 0 Å². The summed E-state index contributed by atoms with van der Waals surface area (Å²) in [7, 11) is 4.11. The van der Waals surface area contributed by atoms with Gasteiger partial charge in [-0.05, 0) is 24.6 Å². The standard InChI is InChI=1S/C16H20N4/c1-12-14-6-4-5-7-15(14)19(2)16(12)11-17-10-13-8-9-18-20(13)3/h4-9,17H,10-11H2,1-3H3. The zero-order valence-corrected chi connectivity index (χ0v) is 12.2. The van der Waals surface area contributed by atoms with Gasteiger partial charge in [0, 0.05) is 50.0 Å². The predicted molar refractivity (Wildman–Crippen MR) is 81.4 cm³/mol. The van der Waals surface area contributed by atoms with Crippen molar-refractivity contribution in [1.82, 2.24) is 19.7 Å². The lowest BCUT2D eigenvalue weighted by molar-refractivity contribution is 0.609. The molecule has 104 valence electrons. The van der Waals surface area contributed by atoms with Crippen molar-refractivity contribution in [1.29, 1.82) is 0 Å². The Kier molecular flexibility index (Phi) is 3.32. The molecule has 1 aromatic carbocycles. The highest BCUT2D eigenvalue weighted by Crippen LogP contribution is 2.24. The van der Waals surface area contributed by atoms with Gasteiger partial charge in [0.1, 0.15) is 0 Å². The molecule has 0 amide bonds. The van der Waals surface area contributed by atoms with Crippen LogP contribution in [0.4, 0.5) is 0 Å². The third-order valence-corrected chi connectivity index (χ3v) is 4.03. The normalized spacial score (nSPS) is 11.3. The van der Waals surface area contributed by atoms with E-state index in [4.69, 9.17) is 0 Å². The molecule has 2 aromatic heterocycles. The summed E-state index contributed by atoms with van der Waals surface area (Å²) in [6, 6.07) is 10.6. The molecule has 0 aliphatic heterocycles. The van der Waals surface area contributed by atoms with Gasteiger partial charge in [0.05, 0.1) is 5.69 Å². The topological polar surface area (TPSA) is 34.8 Å². The van der Waals surface area contributed by atoms with Gasteiger partial charge < -0.3 is 9.88 Å². The molecule has 0 atom stereocenters. The smallest absolute Gasteiger partial charge is 0.0518 e. The highest BCUT2D eigenvalue weighted by molar-refractivity contribution is 5.85. The maximum Gasteiger partial charge on any atom is 0.0518 e. The number of nitrogens with zero attached hydrogens (tertiary/aromatic N) is 3. The molecule has 2 heterocycles. The summed E-state index contributed by atoms with van der Waals surface area (Å²) >= 11 is 0. The van der Waals surface area contributed by atoms with E-state index >= 15 is 0 Å². The van der Waals surface area contributed by atoms with Crippen molar-refractivity contribution >= 4 is 10.9 Å². The average Bonchev–Trinajstić information content (AvgIpc) is 2.97. The first-order valence-electron chi connectivity index (χ1n) is 6.89. The molecular formula is C16H20N4. The molecule has 0 aliphatic carbocycles. The number of fused-ring (bicyclic) bond motifs is 1. The van der Waals surface area contributed by atoms with Gasteiger partial charge in [-0.25, -0.2) is 0 Å². The molecule has 0 radical (unpaired) electrons. The summed E-state index contributed by atoms with van der Waals surface area (Å²) in [5.74, 6) is 0. The Morgan fingerprint density at radius 2 is 1.90 bits per heavy atom. The van der Waals surface area contributed by atoms with E-state index in [1.54, 1.807) is 0 Å². The minimum absolute atomic E-state index is 0.831. The molecule has 0 saturated heterocycles. The first-order chi connectivity index (χ1) is 9.68. The van der Waals surface area contributed by atoms with Crippen LogP contribution in [0.25, 0.3) is 10.9 Å². The Morgan fingerprint density at radius 1 is 1.10 bits per heavy atom. The highest BCUT2D eigenvalue weighted by atomic mass is 15.3. The summed E-state index contributed by atoms with van der Waals surface area (Å²) < 4.78 is 4.18. The Bertz CT molecular complexity index is 697. The molecule has 0 fully saturated rings. The largest absolute Gasteiger partial charge is 0.346 e. The van der Waals surface area contributed by atoms with Crippen LogP contribution in [-0.2, 0) is 27.2 Å². The molecule has 20 heavy (non-hydrogen) atoms. The van der Waals surface area contributed by atoms with E-state index in [2.05, 4.69) is 53.2 Å². The Hall–Kier alpha value is -2.07. The van der Waals surface area contributed by atoms with Crippen LogP contribution < -0.4 is 5.32 Å². The molecule has 3 aromatic rings. The quantitative estimate of drug-likeness (QED) is 0.789. The minimum Gasteiger partial charge on any atom is -0.346 e. The zero-order valence-electron chi connectivity index (χ0n) is 12.2. The second kappa shape index (κ2) is 5.13. The summed E-state index contributed by atoms with van der Waals surface area (Å²) in [6.45, 7) is 3.89. The fourth-order valence-electron chi connectivity index (χ4n) is 2.77. The third-order valence-electron chi connectivity index (χ3n) is 4.03. The molecule has 3 rings (SSSR count). The van der Waals surface area contributed by atoms with Crippen molar-refractivity contribution in [3.05, 3.63) is 53.5 Å². The van der Waals surface area contributed by atoms with Crippen LogP contribution in [0.1, 0.15) is 17.0 Å². The number of hydrogen-bond acceptors (Lipinski definition) is 2. The molecule has 1 N–H and O–H groups in total. The van der Waals surface area contributed by atoms with Crippen LogP contribution in [0, 0.1) is 6.92 Å². The monoisotopic (exact) mass is 268 g/mol. The molecule has 0 saturated carbocycles. The van der Waals surface area contributed by atoms with E-state index in [-0.39, 0.29) is 0 Å². The molecule has 4 heteroatoms. The molecule has 0 spiro atoms. The van der Waals surface area contributed by atoms with Gasteiger partial charge in [0.15, 0.2) is 0 Å². The van der Waals surface area contributed by atoms with Gasteiger partial charge >= 0.3 is 0 Å². The lowest BCUT2D eigenvalue weighted by Crippen LogP contribution is -2.17. The van der Waals surface area contributed by atoms with E-state index in [9.17, 15) is 0 Å². The average molecular weight is 268 g/mol. The first kappa shape index (κ1) is 12.9. The van der Waals surface area contributed by atoms with Crippen molar-refractivity contribution in [2.24, 2.45) is 14.1 Å². The van der Waals surface area contributed by atoms with Crippen LogP contribution in [0.3, 0.4) is 0 Å². The summed E-state index contributed by atoms with van der Waals surface area (Å²) in [5, 5.41) is 9.03. The third kappa shape index (κ3) is 2.12. The van der Waals surface area contributed by atoms with E-state index in [0.29, 0.717) is 0 Å². The van der Waals surface area contributed by atoms with E-state index in [1.165, 1.54) is 27.9 Å². The Labute approximate surface area is 119 Å². The number of rotatable bonds is 4. The zero-order chi connectivity index (χ0) is 14.1. The van der Waals surface area contributed by atoms with Gasteiger partial charge in [-0.3, -0.25) is 4.68 Å². The van der Waals surface area contributed by atoms with Crippen molar-refractivity contribution in [2.75, 3.05) is 0 Å². The maximum atomic E-state index is 4.18. The van der Waals surface area contributed by atoms with Crippen LogP contribution in [0.15, 0.2) is 36.5 Å². The predicted octanol–water partition coefficient (Wildman–Crippen LogP) is 2.51. The molecule has 0 aliphatic rings. The second-order valence-electron chi connectivity index (χ2n) is 5.20. The van der Waals surface area contributed by atoms with Crippen molar-refractivity contribution in [2.45, 2.75) is 20.0 Å². The van der Waals surface area contributed by atoms with Crippen molar-refractivity contribution < 1.29 is 0 Å². The Morgan fingerprint density at radius 3 is 2.60 bits per heavy atom. The fourth-order valence-corrected chi connectivity index (χ4v) is 2.77. The summed E-state index contributed by atoms with van der Waals surface area (Å²) in [4.78, 5) is 0.